The SMILES string of the molecule is [CH2]CNC(=O)CCCCCCCC. The molecule has 0 atom stereocenters. The van der Waals surface area contributed by atoms with E-state index in [9.17, 15) is 4.79 Å². The Balaban J connectivity index is 3.02. The largest absolute Gasteiger partial charge is 0.356 e. The topological polar surface area (TPSA) is 29.1 Å². The van der Waals surface area contributed by atoms with Gasteiger partial charge < -0.3 is 5.32 Å². The Labute approximate surface area is 82.1 Å². The number of hydrogen-bond acceptors (Lipinski definition) is 1. The lowest BCUT2D eigenvalue weighted by atomic mass is 10.1. The van der Waals surface area contributed by atoms with Gasteiger partial charge in [-0.15, -0.1) is 0 Å². The van der Waals surface area contributed by atoms with Crippen LogP contribution in [0.5, 0.6) is 0 Å². The summed E-state index contributed by atoms with van der Waals surface area (Å²) in [4.78, 5) is 11.0. The van der Waals surface area contributed by atoms with E-state index in [2.05, 4.69) is 19.2 Å². The maximum atomic E-state index is 11.0. The molecule has 1 radical (unpaired) electrons. The van der Waals surface area contributed by atoms with Crippen LogP contribution in [-0.2, 0) is 4.79 Å². The van der Waals surface area contributed by atoms with Gasteiger partial charge in [0.05, 0.1) is 0 Å². The molecule has 0 saturated heterocycles. The molecule has 0 aromatic heterocycles. The molecule has 0 unspecified atom stereocenters. The normalized spacial score (nSPS) is 10.0. The average Bonchev–Trinajstić information content (AvgIpc) is 2.11. The van der Waals surface area contributed by atoms with Gasteiger partial charge in [-0.3, -0.25) is 4.79 Å². The van der Waals surface area contributed by atoms with Gasteiger partial charge in [-0.25, -0.2) is 0 Å². The quantitative estimate of drug-likeness (QED) is 0.577. The summed E-state index contributed by atoms with van der Waals surface area (Å²) in [6.45, 7) is 6.28. The highest BCUT2D eigenvalue weighted by molar-refractivity contribution is 5.75. The second kappa shape index (κ2) is 9.56. The fraction of sp³-hybridized carbons (Fsp3) is 0.818. The van der Waals surface area contributed by atoms with Gasteiger partial charge in [-0.1, -0.05) is 39.0 Å². The summed E-state index contributed by atoms with van der Waals surface area (Å²) in [5.41, 5.74) is 0. The van der Waals surface area contributed by atoms with Gasteiger partial charge in [-0.2, -0.15) is 0 Å². The molecule has 0 rings (SSSR count). The van der Waals surface area contributed by atoms with Crippen molar-refractivity contribution in [3.05, 3.63) is 6.92 Å². The number of nitrogens with one attached hydrogen (secondary N) is 1. The third kappa shape index (κ3) is 9.38. The van der Waals surface area contributed by atoms with Crippen molar-refractivity contribution in [1.82, 2.24) is 5.32 Å². The van der Waals surface area contributed by atoms with Crippen molar-refractivity contribution in [3.63, 3.8) is 0 Å². The van der Waals surface area contributed by atoms with E-state index in [0.717, 1.165) is 6.42 Å². The highest BCUT2D eigenvalue weighted by Crippen LogP contribution is 2.06. The number of amides is 1. The Hall–Kier alpha value is -0.530. The van der Waals surface area contributed by atoms with Crippen molar-refractivity contribution in [1.29, 1.82) is 0 Å². The van der Waals surface area contributed by atoms with Gasteiger partial charge >= 0.3 is 0 Å². The fourth-order valence-electron chi connectivity index (χ4n) is 1.29. The minimum absolute atomic E-state index is 0.144. The van der Waals surface area contributed by atoms with E-state index >= 15 is 0 Å². The lowest BCUT2D eigenvalue weighted by Gasteiger charge is -2.01. The molecule has 1 N–H and O–H groups in total. The zero-order valence-corrected chi connectivity index (χ0v) is 8.77. The van der Waals surface area contributed by atoms with Crippen molar-refractivity contribution in [2.45, 2.75) is 51.9 Å². The summed E-state index contributed by atoms with van der Waals surface area (Å²) in [5.74, 6) is 0.144. The minimum atomic E-state index is 0.144. The predicted molar refractivity (Wildman–Crippen MR) is 56.4 cm³/mol. The molecular weight excluding hydrogens is 162 g/mol. The Bertz CT molecular complexity index is 123. The number of hydrogen-bond donors (Lipinski definition) is 1. The van der Waals surface area contributed by atoms with Gasteiger partial charge in [0, 0.05) is 13.0 Å². The van der Waals surface area contributed by atoms with Gasteiger partial charge in [0.2, 0.25) is 5.91 Å². The Morgan fingerprint density at radius 3 is 2.38 bits per heavy atom. The van der Waals surface area contributed by atoms with Gasteiger partial charge in [0.15, 0.2) is 0 Å². The van der Waals surface area contributed by atoms with Crippen LogP contribution in [0.1, 0.15) is 51.9 Å². The second-order valence-corrected chi connectivity index (χ2v) is 3.37. The summed E-state index contributed by atoms with van der Waals surface area (Å²) >= 11 is 0. The molecular formula is C11H22NO. The molecule has 0 aliphatic heterocycles. The second-order valence-electron chi connectivity index (χ2n) is 3.37. The number of carbonyl (C=O) groups excluding carboxylic acids is 1. The summed E-state index contributed by atoms with van der Waals surface area (Å²) in [5, 5.41) is 2.70. The molecule has 77 valence electrons. The summed E-state index contributed by atoms with van der Waals surface area (Å²) in [7, 11) is 0. The standard InChI is InChI=1S/C11H22NO/c1-3-5-6-7-8-9-10-11(13)12-4-2/h2-10H2,1H3,(H,12,13). The lowest BCUT2D eigenvalue weighted by Crippen LogP contribution is -2.22. The van der Waals surface area contributed by atoms with E-state index in [1.54, 1.807) is 0 Å². The number of unbranched alkanes of at least 4 members (excludes halogenated alkanes) is 5. The van der Waals surface area contributed by atoms with Crippen molar-refractivity contribution in [2.24, 2.45) is 0 Å². The smallest absolute Gasteiger partial charge is 0.219 e. The highest BCUT2D eigenvalue weighted by atomic mass is 16.1. The first-order chi connectivity index (χ1) is 6.31. The maximum absolute atomic E-state index is 11.0. The third-order valence-corrected chi connectivity index (χ3v) is 2.08. The summed E-state index contributed by atoms with van der Waals surface area (Å²) < 4.78 is 0. The van der Waals surface area contributed by atoms with Crippen LogP contribution in [-0.4, -0.2) is 12.5 Å². The minimum Gasteiger partial charge on any atom is -0.356 e. The van der Waals surface area contributed by atoms with Crippen LogP contribution in [0.25, 0.3) is 0 Å². The van der Waals surface area contributed by atoms with E-state index in [-0.39, 0.29) is 5.91 Å². The molecule has 1 amide bonds. The molecule has 0 bridgehead atoms. The van der Waals surface area contributed by atoms with E-state index in [1.807, 2.05) is 0 Å². The number of carbonyl (C=O) groups is 1. The van der Waals surface area contributed by atoms with E-state index < -0.39 is 0 Å². The van der Waals surface area contributed by atoms with Crippen LogP contribution >= 0.6 is 0 Å². The lowest BCUT2D eigenvalue weighted by molar-refractivity contribution is -0.121. The fourth-order valence-corrected chi connectivity index (χ4v) is 1.29. The van der Waals surface area contributed by atoms with E-state index in [4.69, 9.17) is 0 Å². The first-order valence-corrected chi connectivity index (χ1v) is 5.37. The molecule has 0 spiro atoms. The van der Waals surface area contributed by atoms with Crippen LogP contribution in [0.4, 0.5) is 0 Å². The van der Waals surface area contributed by atoms with Crippen LogP contribution < -0.4 is 5.32 Å². The molecule has 0 aliphatic carbocycles. The molecule has 0 fully saturated rings. The summed E-state index contributed by atoms with van der Waals surface area (Å²) in [6, 6.07) is 0. The molecule has 0 aromatic rings. The molecule has 0 saturated carbocycles. The number of rotatable bonds is 8. The van der Waals surface area contributed by atoms with Crippen molar-refractivity contribution < 1.29 is 4.79 Å². The molecule has 0 aliphatic rings. The Morgan fingerprint density at radius 2 is 1.77 bits per heavy atom. The van der Waals surface area contributed by atoms with Crippen molar-refractivity contribution in [2.75, 3.05) is 6.54 Å². The maximum Gasteiger partial charge on any atom is 0.219 e. The zero-order chi connectivity index (χ0) is 9.94. The first-order valence-electron chi connectivity index (χ1n) is 5.37. The first kappa shape index (κ1) is 12.5. The van der Waals surface area contributed by atoms with Gasteiger partial charge in [0.25, 0.3) is 0 Å². The average molecular weight is 184 g/mol. The van der Waals surface area contributed by atoms with Crippen LogP contribution in [0.3, 0.4) is 0 Å². The van der Waals surface area contributed by atoms with E-state index in [1.165, 1.54) is 32.1 Å². The van der Waals surface area contributed by atoms with Gasteiger partial charge in [-0.05, 0) is 13.3 Å². The third-order valence-electron chi connectivity index (χ3n) is 2.08. The van der Waals surface area contributed by atoms with Crippen LogP contribution in [0.15, 0.2) is 0 Å². The molecule has 0 heterocycles. The van der Waals surface area contributed by atoms with Crippen LogP contribution in [0.2, 0.25) is 0 Å². The highest BCUT2D eigenvalue weighted by Gasteiger charge is 1.97. The Morgan fingerprint density at radius 1 is 1.15 bits per heavy atom. The van der Waals surface area contributed by atoms with Crippen molar-refractivity contribution >= 4 is 5.91 Å². The monoisotopic (exact) mass is 184 g/mol. The molecule has 13 heavy (non-hydrogen) atoms. The molecule has 0 aromatic carbocycles. The van der Waals surface area contributed by atoms with Gasteiger partial charge in [0.1, 0.15) is 0 Å². The van der Waals surface area contributed by atoms with Crippen molar-refractivity contribution in [3.8, 4) is 0 Å². The predicted octanol–water partition coefficient (Wildman–Crippen LogP) is 2.69. The van der Waals surface area contributed by atoms with E-state index in [0.29, 0.717) is 13.0 Å². The molecule has 2 nitrogen and oxygen atoms in total. The Kier molecular flexibility index (Phi) is 9.17. The van der Waals surface area contributed by atoms with Crippen LogP contribution in [0, 0.1) is 6.92 Å². The molecule has 2 heteroatoms. The zero-order valence-electron chi connectivity index (χ0n) is 8.77. The summed E-state index contributed by atoms with van der Waals surface area (Å²) in [6.07, 6.45) is 8.06.